The highest BCUT2D eigenvalue weighted by atomic mass is 19.1. The van der Waals surface area contributed by atoms with Gasteiger partial charge in [-0.1, -0.05) is 12.1 Å². The van der Waals surface area contributed by atoms with Gasteiger partial charge in [-0.05, 0) is 17.7 Å². The molecule has 1 heterocycles. The lowest BCUT2D eigenvalue weighted by molar-refractivity contribution is -0.143. The van der Waals surface area contributed by atoms with Gasteiger partial charge in [0.05, 0.1) is 6.54 Å². The van der Waals surface area contributed by atoms with Crippen LogP contribution in [0, 0.1) is 5.82 Å². The summed E-state index contributed by atoms with van der Waals surface area (Å²) in [6, 6.07) is 4.60. The fourth-order valence-electron chi connectivity index (χ4n) is 1.68. The number of nitrogens with one attached hydrogen (secondary N) is 2. The van der Waals surface area contributed by atoms with E-state index in [4.69, 9.17) is 5.11 Å². The molecule has 0 spiro atoms. The lowest BCUT2D eigenvalue weighted by atomic mass is 9.91. The Morgan fingerprint density at radius 3 is 2.75 bits per heavy atom. The van der Waals surface area contributed by atoms with Crippen molar-refractivity contribution in [3.8, 4) is 0 Å². The number of urea groups is 1. The quantitative estimate of drug-likeness (QED) is 0.681. The average Bonchev–Trinajstić information content (AvgIpc) is 2.62. The summed E-state index contributed by atoms with van der Waals surface area (Å²) in [5, 5.41) is 13.8. The number of benzene rings is 1. The molecule has 1 unspecified atom stereocenters. The largest absolute Gasteiger partial charge is 0.479 e. The molecular formula is C10H9FN2O3. The van der Waals surface area contributed by atoms with Crippen LogP contribution in [0.2, 0.25) is 0 Å². The van der Waals surface area contributed by atoms with Crippen molar-refractivity contribution >= 4 is 12.0 Å². The Balaban J connectivity index is 2.48. The summed E-state index contributed by atoms with van der Waals surface area (Å²) in [4.78, 5) is 22.2. The number of hydrogen-bond acceptors (Lipinski definition) is 2. The van der Waals surface area contributed by atoms with Crippen LogP contribution in [0.3, 0.4) is 0 Å². The normalized spacial score (nSPS) is 23.7. The molecule has 2 rings (SSSR count). The SMILES string of the molecule is O=C1NCC(C(=O)O)(c2cccc(F)c2)N1. The molecular weight excluding hydrogens is 215 g/mol. The lowest BCUT2D eigenvalue weighted by Gasteiger charge is -2.23. The molecule has 5 nitrogen and oxygen atoms in total. The lowest BCUT2D eigenvalue weighted by Crippen LogP contribution is -2.47. The number of hydrogen-bond donors (Lipinski definition) is 3. The van der Waals surface area contributed by atoms with Crippen molar-refractivity contribution in [1.82, 2.24) is 10.6 Å². The van der Waals surface area contributed by atoms with Crippen LogP contribution in [0.15, 0.2) is 24.3 Å². The maximum atomic E-state index is 13.0. The second-order valence-corrected chi connectivity index (χ2v) is 3.53. The fourth-order valence-corrected chi connectivity index (χ4v) is 1.68. The molecule has 1 fully saturated rings. The van der Waals surface area contributed by atoms with E-state index in [9.17, 15) is 14.0 Å². The van der Waals surface area contributed by atoms with Crippen molar-refractivity contribution in [1.29, 1.82) is 0 Å². The van der Waals surface area contributed by atoms with Crippen molar-refractivity contribution in [2.24, 2.45) is 0 Å². The molecule has 16 heavy (non-hydrogen) atoms. The van der Waals surface area contributed by atoms with Crippen LogP contribution < -0.4 is 10.6 Å². The molecule has 2 amide bonds. The molecule has 3 N–H and O–H groups in total. The van der Waals surface area contributed by atoms with Gasteiger partial charge in [0.25, 0.3) is 0 Å². The number of carboxylic acid groups (broad SMARTS) is 1. The van der Waals surface area contributed by atoms with Crippen LogP contribution in [-0.2, 0) is 10.3 Å². The van der Waals surface area contributed by atoms with Gasteiger partial charge in [0.1, 0.15) is 5.82 Å². The van der Waals surface area contributed by atoms with Gasteiger partial charge in [0.2, 0.25) is 0 Å². The number of carboxylic acids is 1. The first-order valence-electron chi connectivity index (χ1n) is 4.60. The topological polar surface area (TPSA) is 78.4 Å². The molecule has 1 aromatic carbocycles. The van der Waals surface area contributed by atoms with Crippen LogP contribution in [-0.4, -0.2) is 23.7 Å². The molecule has 0 aliphatic carbocycles. The van der Waals surface area contributed by atoms with Crippen LogP contribution in [0.5, 0.6) is 0 Å². The molecule has 0 bridgehead atoms. The second-order valence-electron chi connectivity index (χ2n) is 3.53. The van der Waals surface area contributed by atoms with Crippen molar-refractivity contribution < 1.29 is 19.1 Å². The van der Waals surface area contributed by atoms with E-state index in [0.717, 1.165) is 6.07 Å². The molecule has 1 saturated heterocycles. The molecule has 1 aliphatic rings. The predicted molar refractivity (Wildman–Crippen MR) is 52.2 cm³/mol. The van der Waals surface area contributed by atoms with Crippen LogP contribution in [0.25, 0.3) is 0 Å². The highest BCUT2D eigenvalue weighted by Crippen LogP contribution is 2.24. The maximum Gasteiger partial charge on any atom is 0.336 e. The first kappa shape index (κ1) is 10.4. The van der Waals surface area contributed by atoms with E-state index in [0.29, 0.717) is 0 Å². The second kappa shape index (κ2) is 3.48. The van der Waals surface area contributed by atoms with Gasteiger partial charge in [-0.15, -0.1) is 0 Å². The van der Waals surface area contributed by atoms with Crippen LogP contribution >= 0.6 is 0 Å². The highest BCUT2D eigenvalue weighted by Gasteiger charge is 2.46. The van der Waals surface area contributed by atoms with Gasteiger partial charge in [0, 0.05) is 0 Å². The third-order valence-corrected chi connectivity index (χ3v) is 2.52. The molecule has 84 valence electrons. The Labute approximate surface area is 90.3 Å². The average molecular weight is 224 g/mol. The summed E-state index contributed by atoms with van der Waals surface area (Å²) in [6.45, 7) is -0.107. The first-order chi connectivity index (χ1) is 7.54. The zero-order valence-corrected chi connectivity index (χ0v) is 8.16. The van der Waals surface area contributed by atoms with Gasteiger partial charge >= 0.3 is 12.0 Å². The fraction of sp³-hybridized carbons (Fsp3) is 0.200. The summed E-state index contributed by atoms with van der Waals surface area (Å²) >= 11 is 0. The number of rotatable bonds is 2. The molecule has 6 heteroatoms. The molecule has 0 radical (unpaired) electrons. The smallest absolute Gasteiger partial charge is 0.336 e. The monoisotopic (exact) mass is 224 g/mol. The predicted octanol–water partition coefficient (Wildman–Crippen LogP) is 0.418. The van der Waals surface area contributed by atoms with E-state index in [2.05, 4.69) is 10.6 Å². The molecule has 1 aromatic rings. The van der Waals surface area contributed by atoms with Crippen molar-refractivity contribution in [2.45, 2.75) is 5.54 Å². The van der Waals surface area contributed by atoms with E-state index in [-0.39, 0.29) is 12.1 Å². The Bertz CT molecular complexity index is 463. The summed E-state index contributed by atoms with van der Waals surface area (Å²) in [5.74, 6) is -1.77. The summed E-state index contributed by atoms with van der Waals surface area (Å²) in [7, 11) is 0. The highest BCUT2D eigenvalue weighted by molar-refractivity contribution is 5.91. The van der Waals surface area contributed by atoms with Crippen molar-refractivity contribution in [2.75, 3.05) is 6.54 Å². The van der Waals surface area contributed by atoms with Crippen molar-refractivity contribution in [3.05, 3.63) is 35.6 Å². The van der Waals surface area contributed by atoms with Gasteiger partial charge in [-0.2, -0.15) is 0 Å². The summed E-state index contributed by atoms with van der Waals surface area (Å²) in [5.41, 5.74) is -1.38. The molecule has 0 saturated carbocycles. The minimum Gasteiger partial charge on any atom is -0.479 e. The Kier molecular flexibility index (Phi) is 2.26. The van der Waals surface area contributed by atoms with Gasteiger partial charge in [-0.25, -0.2) is 14.0 Å². The van der Waals surface area contributed by atoms with E-state index >= 15 is 0 Å². The van der Waals surface area contributed by atoms with E-state index in [1.54, 1.807) is 0 Å². The molecule has 0 aromatic heterocycles. The van der Waals surface area contributed by atoms with Crippen LogP contribution in [0.4, 0.5) is 9.18 Å². The van der Waals surface area contributed by atoms with Gasteiger partial charge < -0.3 is 15.7 Å². The number of aliphatic carboxylic acids is 1. The van der Waals surface area contributed by atoms with E-state index in [1.165, 1.54) is 18.2 Å². The molecule has 1 aliphatic heterocycles. The third-order valence-electron chi connectivity index (χ3n) is 2.52. The van der Waals surface area contributed by atoms with E-state index < -0.39 is 23.4 Å². The van der Waals surface area contributed by atoms with Crippen LogP contribution in [0.1, 0.15) is 5.56 Å². The standard InChI is InChI=1S/C10H9FN2O3/c11-7-3-1-2-6(4-7)10(8(14)15)5-12-9(16)13-10/h1-4H,5H2,(H,14,15)(H2,12,13,16). The zero-order valence-electron chi connectivity index (χ0n) is 8.16. The van der Waals surface area contributed by atoms with E-state index in [1.807, 2.05) is 0 Å². The minimum atomic E-state index is -1.58. The summed E-state index contributed by atoms with van der Waals surface area (Å²) in [6.07, 6.45) is 0. The van der Waals surface area contributed by atoms with Crippen molar-refractivity contribution in [3.63, 3.8) is 0 Å². The number of halogens is 1. The Morgan fingerprint density at radius 2 is 2.25 bits per heavy atom. The minimum absolute atomic E-state index is 0.107. The maximum absolute atomic E-state index is 13.0. The Hall–Kier alpha value is -2.11. The zero-order chi connectivity index (χ0) is 11.8. The number of amides is 2. The Morgan fingerprint density at radius 1 is 1.50 bits per heavy atom. The third kappa shape index (κ3) is 1.48. The van der Waals surface area contributed by atoms with Gasteiger partial charge in [0.15, 0.2) is 5.54 Å². The molecule has 1 atom stereocenters. The van der Waals surface area contributed by atoms with Gasteiger partial charge in [-0.3, -0.25) is 0 Å². The number of carbonyl (C=O) groups is 2. The summed E-state index contributed by atoms with van der Waals surface area (Å²) < 4.78 is 13.0. The number of carbonyl (C=O) groups excluding carboxylic acids is 1. The first-order valence-corrected chi connectivity index (χ1v) is 4.60.